The van der Waals surface area contributed by atoms with Gasteiger partial charge in [0.15, 0.2) is 0 Å². The van der Waals surface area contributed by atoms with E-state index in [-0.39, 0.29) is 16.7 Å². The highest BCUT2D eigenvalue weighted by atomic mass is 16.4. The molecule has 2 amide bonds. The van der Waals surface area contributed by atoms with Crippen molar-refractivity contribution in [1.82, 2.24) is 4.90 Å². The van der Waals surface area contributed by atoms with Crippen LogP contribution in [0.5, 0.6) is 0 Å². The van der Waals surface area contributed by atoms with Crippen LogP contribution in [-0.4, -0.2) is 33.8 Å². The molecule has 0 bridgehead atoms. The van der Waals surface area contributed by atoms with Crippen LogP contribution in [0.1, 0.15) is 38.0 Å². The Balaban J connectivity index is 2.53. The molecular formula is C13H9NO4. The Labute approximate surface area is 103 Å². The fraction of sp³-hybridized carbons (Fsp3) is 0.154. The molecule has 5 heteroatoms. The summed E-state index contributed by atoms with van der Waals surface area (Å²) < 4.78 is 0. The first kappa shape index (κ1) is 11.9. The average Bonchev–Trinajstić information content (AvgIpc) is 2.61. The predicted octanol–water partition coefficient (Wildman–Crippen LogP) is 1.00. The number of hydrogen-bond acceptors (Lipinski definition) is 3. The molecule has 1 aromatic carbocycles. The summed E-state index contributed by atoms with van der Waals surface area (Å²) in [6.45, 7) is 1.56. The van der Waals surface area contributed by atoms with Gasteiger partial charge in [-0.05, 0) is 25.1 Å². The number of carbonyl (C=O) groups excluding carboxylic acids is 2. The third-order valence-corrected chi connectivity index (χ3v) is 2.79. The number of nitrogens with zero attached hydrogens (tertiary/aromatic N) is 1. The summed E-state index contributed by atoms with van der Waals surface area (Å²) >= 11 is 0. The minimum Gasteiger partial charge on any atom is -0.478 e. The van der Waals surface area contributed by atoms with Crippen LogP contribution in [0.2, 0.25) is 0 Å². The van der Waals surface area contributed by atoms with Crippen molar-refractivity contribution >= 4 is 17.8 Å². The second-order valence-electron chi connectivity index (χ2n) is 3.89. The molecule has 1 N–H and O–H groups in total. The Bertz CT molecular complexity index is 612. The zero-order chi connectivity index (χ0) is 13.4. The monoisotopic (exact) mass is 243 g/mol. The molecule has 1 aromatic rings. The van der Waals surface area contributed by atoms with E-state index in [9.17, 15) is 14.4 Å². The third kappa shape index (κ3) is 1.55. The van der Waals surface area contributed by atoms with Gasteiger partial charge in [0, 0.05) is 0 Å². The molecule has 90 valence electrons. The lowest BCUT2D eigenvalue weighted by Gasteiger charge is -2.16. The molecule has 0 aliphatic carbocycles. The maximum Gasteiger partial charge on any atom is 0.335 e. The van der Waals surface area contributed by atoms with Gasteiger partial charge in [0.25, 0.3) is 11.8 Å². The molecule has 1 aliphatic rings. The van der Waals surface area contributed by atoms with Crippen LogP contribution >= 0.6 is 0 Å². The summed E-state index contributed by atoms with van der Waals surface area (Å²) in [5.74, 6) is 0.116. The van der Waals surface area contributed by atoms with Gasteiger partial charge in [0.05, 0.1) is 22.7 Å². The highest BCUT2D eigenvalue weighted by Crippen LogP contribution is 2.25. The fourth-order valence-electron chi connectivity index (χ4n) is 1.82. The van der Waals surface area contributed by atoms with Crippen LogP contribution in [0.4, 0.5) is 0 Å². The number of benzene rings is 1. The number of carboxylic acid groups (broad SMARTS) is 1. The van der Waals surface area contributed by atoms with E-state index in [4.69, 9.17) is 11.5 Å². The number of carbonyl (C=O) groups is 3. The van der Waals surface area contributed by atoms with E-state index in [1.165, 1.54) is 18.2 Å². The van der Waals surface area contributed by atoms with Crippen molar-refractivity contribution in [2.45, 2.75) is 13.0 Å². The van der Waals surface area contributed by atoms with Crippen molar-refractivity contribution in [3.63, 3.8) is 0 Å². The summed E-state index contributed by atoms with van der Waals surface area (Å²) in [6.07, 6.45) is 5.20. The number of imide groups is 1. The quantitative estimate of drug-likeness (QED) is 0.621. The van der Waals surface area contributed by atoms with Crippen molar-refractivity contribution in [1.29, 1.82) is 0 Å². The van der Waals surface area contributed by atoms with Gasteiger partial charge in [0.2, 0.25) is 0 Å². The molecular weight excluding hydrogens is 234 g/mol. The summed E-state index contributed by atoms with van der Waals surface area (Å²) in [5.41, 5.74) is 0.235. The molecule has 18 heavy (non-hydrogen) atoms. The second-order valence-corrected chi connectivity index (χ2v) is 3.89. The molecule has 1 aliphatic heterocycles. The smallest absolute Gasteiger partial charge is 0.335 e. The fourth-order valence-corrected chi connectivity index (χ4v) is 1.82. The number of carboxylic acids is 1. The number of terminal acetylenes is 1. The van der Waals surface area contributed by atoms with Gasteiger partial charge in [0.1, 0.15) is 0 Å². The van der Waals surface area contributed by atoms with Gasteiger partial charge in [-0.2, -0.15) is 0 Å². The van der Waals surface area contributed by atoms with E-state index in [0.29, 0.717) is 0 Å². The standard InChI is InChI=1S/C13H9NO4/c1-3-7(2)14-11(15)9-5-4-8(13(17)18)6-10(9)12(14)16/h1,4-7H,2H3,(H,17,18). The molecule has 0 spiro atoms. The lowest BCUT2D eigenvalue weighted by Crippen LogP contribution is -2.36. The predicted molar refractivity (Wildman–Crippen MR) is 62.2 cm³/mol. The van der Waals surface area contributed by atoms with Gasteiger partial charge >= 0.3 is 5.97 Å². The Morgan fingerprint density at radius 3 is 2.50 bits per heavy atom. The topological polar surface area (TPSA) is 74.7 Å². The summed E-state index contributed by atoms with van der Waals surface area (Å²) in [6, 6.07) is 3.16. The number of aromatic carboxylic acids is 1. The van der Waals surface area contributed by atoms with Crippen LogP contribution < -0.4 is 0 Å². The molecule has 0 fully saturated rings. The highest BCUT2D eigenvalue weighted by molar-refractivity contribution is 6.22. The van der Waals surface area contributed by atoms with Crippen LogP contribution in [0, 0.1) is 12.3 Å². The third-order valence-electron chi connectivity index (χ3n) is 2.79. The average molecular weight is 243 g/mol. The normalized spacial score (nSPS) is 15.2. The van der Waals surface area contributed by atoms with E-state index in [0.717, 1.165) is 4.90 Å². The Morgan fingerprint density at radius 2 is 1.94 bits per heavy atom. The van der Waals surface area contributed by atoms with Crippen LogP contribution in [-0.2, 0) is 0 Å². The van der Waals surface area contributed by atoms with Crippen molar-refractivity contribution in [2.75, 3.05) is 0 Å². The van der Waals surface area contributed by atoms with Crippen molar-refractivity contribution < 1.29 is 19.5 Å². The minimum absolute atomic E-state index is 0.0369. The first-order chi connectivity index (χ1) is 8.47. The van der Waals surface area contributed by atoms with E-state index >= 15 is 0 Å². The van der Waals surface area contributed by atoms with Crippen LogP contribution in [0.3, 0.4) is 0 Å². The van der Waals surface area contributed by atoms with Crippen molar-refractivity contribution in [3.05, 3.63) is 34.9 Å². The molecule has 0 radical (unpaired) electrons. The van der Waals surface area contributed by atoms with Crippen LogP contribution in [0.15, 0.2) is 18.2 Å². The molecule has 1 unspecified atom stereocenters. The van der Waals surface area contributed by atoms with E-state index in [1.807, 2.05) is 0 Å². The van der Waals surface area contributed by atoms with Gasteiger partial charge in [-0.1, -0.05) is 5.92 Å². The van der Waals surface area contributed by atoms with E-state index in [2.05, 4.69) is 5.92 Å². The Morgan fingerprint density at radius 1 is 1.33 bits per heavy atom. The Hall–Kier alpha value is -2.61. The van der Waals surface area contributed by atoms with Gasteiger partial charge < -0.3 is 5.11 Å². The molecule has 1 heterocycles. The Kier molecular flexibility index (Phi) is 2.64. The number of fused-ring (bicyclic) bond motifs is 1. The van der Waals surface area contributed by atoms with E-state index < -0.39 is 23.8 Å². The maximum atomic E-state index is 12.0. The SMILES string of the molecule is C#CC(C)N1C(=O)c2ccc(C(=O)O)cc2C1=O. The first-order valence-corrected chi connectivity index (χ1v) is 5.18. The van der Waals surface area contributed by atoms with Crippen LogP contribution in [0.25, 0.3) is 0 Å². The first-order valence-electron chi connectivity index (χ1n) is 5.18. The lowest BCUT2D eigenvalue weighted by atomic mass is 10.1. The summed E-state index contributed by atoms with van der Waals surface area (Å²) in [7, 11) is 0. The summed E-state index contributed by atoms with van der Waals surface area (Å²) in [5, 5.41) is 8.85. The summed E-state index contributed by atoms with van der Waals surface area (Å²) in [4.78, 5) is 35.7. The van der Waals surface area contributed by atoms with Crippen molar-refractivity contribution in [2.24, 2.45) is 0 Å². The zero-order valence-electron chi connectivity index (χ0n) is 9.51. The molecule has 5 nitrogen and oxygen atoms in total. The molecule has 0 saturated heterocycles. The molecule has 2 rings (SSSR count). The van der Waals surface area contributed by atoms with Crippen molar-refractivity contribution in [3.8, 4) is 12.3 Å². The second kappa shape index (κ2) is 4.00. The highest BCUT2D eigenvalue weighted by Gasteiger charge is 2.38. The molecule has 1 atom stereocenters. The lowest BCUT2D eigenvalue weighted by molar-refractivity contribution is 0.0629. The molecule has 0 aromatic heterocycles. The maximum absolute atomic E-state index is 12.0. The van der Waals surface area contributed by atoms with Gasteiger partial charge in [-0.15, -0.1) is 6.42 Å². The number of rotatable bonds is 2. The zero-order valence-corrected chi connectivity index (χ0v) is 9.51. The largest absolute Gasteiger partial charge is 0.478 e. The molecule has 0 saturated carbocycles. The van der Waals surface area contributed by atoms with Gasteiger partial charge in [-0.25, -0.2) is 4.79 Å². The number of hydrogen-bond donors (Lipinski definition) is 1. The number of amides is 2. The van der Waals surface area contributed by atoms with Gasteiger partial charge in [-0.3, -0.25) is 14.5 Å². The van der Waals surface area contributed by atoms with E-state index in [1.54, 1.807) is 6.92 Å². The minimum atomic E-state index is -1.15.